The SMILES string of the molecule is CCCCCCCCCCNOC(=[O+])CCC. The lowest BCUT2D eigenvalue weighted by Gasteiger charge is -2.00. The molecule has 1 radical (unpaired) electrons. The van der Waals surface area contributed by atoms with Gasteiger partial charge in [-0.2, -0.15) is 4.84 Å². The van der Waals surface area contributed by atoms with E-state index in [9.17, 15) is 4.79 Å². The molecule has 0 aromatic carbocycles. The second-order valence-corrected chi connectivity index (χ2v) is 4.59. The van der Waals surface area contributed by atoms with Crippen molar-refractivity contribution < 1.29 is 9.63 Å². The lowest BCUT2D eigenvalue weighted by atomic mass is 10.1. The Morgan fingerprint density at radius 1 is 0.882 bits per heavy atom. The molecule has 0 aliphatic rings. The molecule has 0 bridgehead atoms. The van der Waals surface area contributed by atoms with Crippen molar-refractivity contribution in [2.45, 2.75) is 78.1 Å². The van der Waals surface area contributed by atoms with Crippen molar-refractivity contribution in [3.63, 3.8) is 0 Å². The van der Waals surface area contributed by atoms with E-state index in [0.29, 0.717) is 6.42 Å². The van der Waals surface area contributed by atoms with Crippen molar-refractivity contribution in [1.29, 1.82) is 0 Å². The fraction of sp³-hybridized carbons (Fsp3) is 0.929. The third-order valence-electron chi connectivity index (χ3n) is 2.77. The van der Waals surface area contributed by atoms with Crippen LogP contribution in [0.3, 0.4) is 0 Å². The van der Waals surface area contributed by atoms with Gasteiger partial charge in [0.15, 0.2) is 0 Å². The first-order valence-corrected chi connectivity index (χ1v) is 7.23. The van der Waals surface area contributed by atoms with Crippen LogP contribution < -0.4 is 5.48 Å². The van der Waals surface area contributed by atoms with Crippen LogP contribution in [-0.2, 0) is 9.63 Å². The summed E-state index contributed by atoms with van der Waals surface area (Å²) in [5, 5.41) is 0. The molecule has 3 nitrogen and oxygen atoms in total. The molecule has 0 saturated heterocycles. The zero-order valence-corrected chi connectivity index (χ0v) is 11.6. The highest BCUT2D eigenvalue weighted by Gasteiger charge is 2.14. The molecule has 0 aliphatic heterocycles. The van der Waals surface area contributed by atoms with E-state index in [2.05, 4.69) is 12.4 Å². The van der Waals surface area contributed by atoms with Gasteiger partial charge >= 0.3 is 5.97 Å². The second-order valence-electron chi connectivity index (χ2n) is 4.59. The van der Waals surface area contributed by atoms with Gasteiger partial charge in [0.2, 0.25) is 0 Å². The molecule has 0 aliphatic carbocycles. The van der Waals surface area contributed by atoms with Gasteiger partial charge in [-0.3, -0.25) is 0 Å². The van der Waals surface area contributed by atoms with Crippen LogP contribution in [0.4, 0.5) is 0 Å². The summed E-state index contributed by atoms with van der Waals surface area (Å²) in [6.07, 6.45) is 11.7. The van der Waals surface area contributed by atoms with Gasteiger partial charge in [0.1, 0.15) is 6.42 Å². The summed E-state index contributed by atoms with van der Waals surface area (Å²) in [6.45, 7) is 5.00. The predicted octanol–water partition coefficient (Wildman–Crippen LogP) is 3.98. The second kappa shape index (κ2) is 13.5. The van der Waals surface area contributed by atoms with Gasteiger partial charge < -0.3 is 0 Å². The van der Waals surface area contributed by atoms with Crippen molar-refractivity contribution >= 4 is 5.97 Å². The molecular weight excluding hydrogens is 214 g/mol. The summed E-state index contributed by atoms with van der Waals surface area (Å²) in [5.41, 5.74) is 2.73. The molecule has 0 atom stereocenters. The topological polar surface area (TPSA) is 41.2 Å². The Kier molecular flexibility index (Phi) is 13.0. The lowest BCUT2D eigenvalue weighted by molar-refractivity contribution is -0.151. The Bertz CT molecular complexity index is 172. The molecule has 0 unspecified atom stereocenters. The maximum atomic E-state index is 11.0. The van der Waals surface area contributed by atoms with Crippen LogP contribution in [0.1, 0.15) is 78.1 Å². The van der Waals surface area contributed by atoms with E-state index in [0.717, 1.165) is 19.4 Å². The molecule has 0 rings (SSSR count). The first kappa shape index (κ1) is 16.4. The Morgan fingerprint density at radius 3 is 2.06 bits per heavy atom. The minimum Gasteiger partial charge on any atom is -0.199 e. The predicted molar refractivity (Wildman–Crippen MR) is 71.6 cm³/mol. The molecule has 0 aromatic heterocycles. The molecule has 0 fully saturated rings. The average molecular weight is 243 g/mol. The number of hydrogen-bond acceptors (Lipinski definition) is 3. The average Bonchev–Trinajstić information content (AvgIpc) is 2.32. The maximum absolute atomic E-state index is 11.0. The van der Waals surface area contributed by atoms with Crippen molar-refractivity contribution in [2.24, 2.45) is 0 Å². The highest BCUT2D eigenvalue weighted by Crippen LogP contribution is 2.07. The van der Waals surface area contributed by atoms with Crippen LogP contribution in [0, 0.1) is 0 Å². The van der Waals surface area contributed by atoms with Gasteiger partial charge in [-0.05, 0) is 12.8 Å². The van der Waals surface area contributed by atoms with E-state index < -0.39 is 0 Å². The third kappa shape index (κ3) is 13.4. The standard InChI is InChI=1S/C14H29NO2/c1-3-5-6-7-8-9-10-11-13-15-17-14(16)12-4-2/h15H,3-13H2,1-2H3/q+1. The number of carbonyl (C=O) groups is 1. The maximum Gasteiger partial charge on any atom is 0.597 e. The van der Waals surface area contributed by atoms with Gasteiger partial charge in [-0.25, -0.2) is 0 Å². The van der Waals surface area contributed by atoms with Crippen LogP contribution in [0.5, 0.6) is 0 Å². The smallest absolute Gasteiger partial charge is 0.199 e. The number of unbranched alkanes of at least 4 members (excludes halogenated alkanes) is 7. The summed E-state index contributed by atoms with van der Waals surface area (Å²) in [6, 6.07) is 0. The van der Waals surface area contributed by atoms with E-state index in [1.54, 1.807) is 0 Å². The van der Waals surface area contributed by atoms with Crippen LogP contribution in [0.2, 0.25) is 0 Å². The Morgan fingerprint density at radius 2 is 1.47 bits per heavy atom. The third-order valence-corrected chi connectivity index (χ3v) is 2.77. The number of nitrogens with one attached hydrogen (secondary N) is 1. The lowest BCUT2D eigenvalue weighted by Crippen LogP contribution is -2.20. The fourth-order valence-electron chi connectivity index (χ4n) is 1.72. The van der Waals surface area contributed by atoms with E-state index in [1.165, 1.54) is 44.9 Å². The summed E-state index contributed by atoms with van der Waals surface area (Å²) in [4.78, 5) is 15.8. The molecule has 101 valence electrons. The van der Waals surface area contributed by atoms with E-state index in [1.807, 2.05) is 6.92 Å². The Balaban J connectivity index is 3.01. The molecule has 0 aromatic rings. The van der Waals surface area contributed by atoms with Gasteiger partial charge in [0.25, 0.3) is 0 Å². The Hall–Kier alpha value is -0.570. The molecule has 0 saturated carbocycles. The van der Waals surface area contributed by atoms with E-state index >= 15 is 0 Å². The monoisotopic (exact) mass is 243 g/mol. The van der Waals surface area contributed by atoms with Crippen LogP contribution in [0.15, 0.2) is 0 Å². The zero-order chi connectivity index (χ0) is 12.8. The fourth-order valence-corrected chi connectivity index (χ4v) is 1.72. The largest absolute Gasteiger partial charge is 0.597 e. The Labute approximate surface area is 106 Å². The minimum absolute atomic E-state index is 0.146. The number of hydrogen-bond donors (Lipinski definition) is 1. The van der Waals surface area contributed by atoms with Gasteiger partial charge in [0.05, 0.1) is 11.3 Å². The summed E-state index contributed by atoms with van der Waals surface area (Å²) < 4.78 is 0. The summed E-state index contributed by atoms with van der Waals surface area (Å²) in [5.74, 6) is -0.146. The summed E-state index contributed by atoms with van der Waals surface area (Å²) >= 11 is 0. The molecule has 0 amide bonds. The van der Waals surface area contributed by atoms with Crippen molar-refractivity contribution in [3.8, 4) is 0 Å². The molecule has 17 heavy (non-hydrogen) atoms. The first-order chi connectivity index (χ1) is 8.31. The number of hydroxylamine groups is 1. The molecule has 0 spiro atoms. The van der Waals surface area contributed by atoms with Gasteiger partial charge in [-0.15, -0.1) is 0 Å². The van der Waals surface area contributed by atoms with Crippen molar-refractivity contribution in [3.05, 3.63) is 0 Å². The highest BCUT2D eigenvalue weighted by molar-refractivity contribution is 5.68. The molecule has 3 heteroatoms. The van der Waals surface area contributed by atoms with E-state index in [-0.39, 0.29) is 5.97 Å². The van der Waals surface area contributed by atoms with Gasteiger partial charge in [0, 0.05) is 0 Å². The molecule has 1 N–H and O–H groups in total. The number of carbonyl (C=O) groups excluding carboxylic acids is 1. The quantitative estimate of drug-likeness (QED) is 0.320. The van der Waals surface area contributed by atoms with Crippen molar-refractivity contribution in [1.82, 2.24) is 5.48 Å². The van der Waals surface area contributed by atoms with Crippen LogP contribution in [-0.4, -0.2) is 12.5 Å². The normalized spacial score (nSPS) is 10.5. The molecular formula is C14H29NO2+. The van der Waals surface area contributed by atoms with Crippen LogP contribution >= 0.6 is 0 Å². The zero-order valence-electron chi connectivity index (χ0n) is 11.6. The van der Waals surface area contributed by atoms with Crippen molar-refractivity contribution in [2.75, 3.05) is 6.54 Å². The van der Waals surface area contributed by atoms with Gasteiger partial charge in [-0.1, -0.05) is 64.3 Å². The minimum atomic E-state index is -0.146. The first-order valence-electron chi connectivity index (χ1n) is 7.23. The van der Waals surface area contributed by atoms with E-state index in [4.69, 9.17) is 4.84 Å². The summed E-state index contributed by atoms with van der Waals surface area (Å²) in [7, 11) is 0. The number of rotatable bonds is 12. The highest BCUT2D eigenvalue weighted by atomic mass is 16.7. The van der Waals surface area contributed by atoms with Crippen LogP contribution in [0.25, 0.3) is 0 Å². The molecule has 0 heterocycles.